The largest absolute Gasteiger partial charge is 0.497 e. The first-order chi connectivity index (χ1) is 10.3. The normalized spacial score (nSPS) is 10.7. The van der Waals surface area contributed by atoms with Crippen LogP contribution in [0.2, 0.25) is 0 Å². The van der Waals surface area contributed by atoms with Crippen LogP contribution in [0.1, 0.15) is 11.3 Å². The summed E-state index contributed by atoms with van der Waals surface area (Å²) < 4.78 is 7.06. The number of Topliss-reactive ketones (excluding diaryl/α,β-unsaturated/α-hetero) is 1. The zero-order valence-electron chi connectivity index (χ0n) is 11.8. The van der Waals surface area contributed by atoms with Crippen molar-refractivity contribution in [2.24, 2.45) is 0 Å². The molecule has 0 amide bonds. The summed E-state index contributed by atoms with van der Waals surface area (Å²) in [6.07, 6.45) is 4.36. The lowest BCUT2D eigenvalue weighted by Crippen LogP contribution is -2.09. The number of hydrogen-bond acceptors (Lipinski definition) is 3. The molecule has 0 saturated heterocycles. The van der Waals surface area contributed by atoms with Crippen LogP contribution >= 0.6 is 0 Å². The summed E-state index contributed by atoms with van der Waals surface area (Å²) in [7, 11) is 1.63. The van der Waals surface area contributed by atoms with E-state index < -0.39 is 0 Å². The predicted octanol–water partition coefficient (Wildman–Crippen LogP) is 2.70. The van der Waals surface area contributed by atoms with Crippen LogP contribution < -0.4 is 4.74 Å². The Kier molecular flexibility index (Phi) is 3.69. The Morgan fingerprint density at radius 1 is 1.14 bits per heavy atom. The molecule has 0 bridgehead atoms. The molecule has 0 unspecified atom stereocenters. The maximum atomic E-state index is 12.2. The summed E-state index contributed by atoms with van der Waals surface area (Å²) in [5, 5.41) is 0. The van der Waals surface area contributed by atoms with Crippen LogP contribution in [-0.4, -0.2) is 22.3 Å². The Morgan fingerprint density at radius 3 is 2.71 bits per heavy atom. The van der Waals surface area contributed by atoms with Crippen molar-refractivity contribution in [2.45, 2.75) is 12.8 Å². The maximum absolute atomic E-state index is 12.2. The van der Waals surface area contributed by atoms with Gasteiger partial charge in [0.1, 0.15) is 11.5 Å². The summed E-state index contributed by atoms with van der Waals surface area (Å²) in [4.78, 5) is 16.3. The average molecular weight is 280 g/mol. The van der Waals surface area contributed by atoms with Crippen LogP contribution in [0.3, 0.4) is 0 Å². The Morgan fingerprint density at radius 2 is 1.95 bits per heavy atom. The highest BCUT2D eigenvalue weighted by atomic mass is 16.5. The summed E-state index contributed by atoms with van der Waals surface area (Å²) in [6, 6.07) is 13.5. The molecule has 4 nitrogen and oxygen atoms in total. The van der Waals surface area contributed by atoms with Crippen LogP contribution in [0.5, 0.6) is 5.75 Å². The van der Waals surface area contributed by atoms with E-state index in [4.69, 9.17) is 4.74 Å². The van der Waals surface area contributed by atoms with Crippen molar-refractivity contribution in [1.29, 1.82) is 0 Å². The molecule has 0 aliphatic carbocycles. The summed E-state index contributed by atoms with van der Waals surface area (Å²) in [5.41, 5.74) is 2.96. The van der Waals surface area contributed by atoms with E-state index in [2.05, 4.69) is 4.98 Å². The Hall–Kier alpha value is -2.62. The van der Waals surface area contributed by atoms with Gasteiger partial charge in [-0.05, 0) is 29.8 Å². The lowest BCUT2D eigenvalue weighted by molar-refractivity contribution is -0.117. The standard InChI is InChI=1S/C17H16N2O2/c1-21-17-7-5-13(6-8-17)9-16(20)10-14-3-2-4-15-11-18-12-19(14)15/h2-8,11-12H,9-10H2,1H3. The summed E-state index contributed by atoms with van der Waals surface area (Å²) in [5.74, 6) is 0.982. The van der Waals surface area contributed by atoms with E-state index in [1.165, 1.54) is 0 Å². The molecule has 0 saturated carbocycles. The van der Waals surface area contributed by atoms with Crippen molar-refractivity contribution in [3.05, 3.63) is 66.2 Å². The van der Waals surface area contributed by atoms with Gasteiger partial charge in [-0.15, -0.1) is 0 Å². The number of ether oxygens (including phenoxy) is 1. The van der Waals surface area contributed by atoms with Crippen LogP contribution in [-0.2, 0) is 17.6 Å². The number of pyridine rings is 1. The quantitative estimate of drug-likeness (QED) is 0.721. The molecule has 0 atom stereocenters. The zero-order chi connectivity index (χ0) is 14.7. The molecule has 0 N–H and O–H groups in total. The minimum atomic E-state index is 0.182. The van der Waals surface area contributed by atoms with Gasteiger partial charge in [0.05, 0.1) is 25.2 Å². The monoisotopic (exact) mass is 280 g/mol. The van der Waals surface area contributed by atoms with Crippen molar-refractivity contribution in [1.82, 2.24) is 9.38 Å². The first kappa shape index (κ1) is 13.4. The molecule has 21 heavy (non-hydrogen) atoms. The summed E-state index contributed by atoms with van der Waals surface area (Å²) >= 11 is 0. The molecule has 2 heterocycles. The minimum absolute atomic E-state index is 0.182. The van der Waals surface area contributed by atoms with E-state index in [0.717, 1.165) is 22.5 Å². The van der Waals surface area contributed by atoms with Gasteiger partial charge in [0.15, 0.2) is 0 Å². The third kappa shape index (κ3) is 2.94. The molecule has 0 aliphatic heterocycles. The molecule has 106 valence electrons. The van der Waals surface area contributed by atoms with Gasteiger partial charge < -0.3 is 9.14 Å². The lowest BCUT2D eigenvalue weighted by atomic mass is 10.1. The van der Waals surface area contributed by atoms with Crippen molar-refractivity contribution >= 4 is 11.3 Å². The topological polar surface area (TPSA) is 43.6 Å². The van der Waals surface area contributed by atoms with Crippen LogP contribution in [0, 0.1) is 0 Å². The molecule has 4 heteroatoms. The van der Waals surface area contributed by atoms with Gasteiger partial charge in [-0.25, -0.2) is 4.98 Å². The average Bonchev–Trinajstić information content (AvgIpc) is 2.97. The third-order valence-electron chi connectivity index (χ3n) is 3.47. The molecule has 3 rings (SSSR count). The number of nitrogens with zero attached hydrogens (tertiary/aromatic N) is 2. The first-order valence-electron chi connectivity index (χ1n) is 6.81. The zero-order valence-corrected chi connectivity index (χ0v) is 11.8. The Bertz CT molecular complexity index is 760. The molecule has 0 aliphatic rings. The third-order valence-corrected chi connectivity index (χ3v) is 3.47. The second-order valence-corrected chi connectivity index (χ2v) is 4.95. The van der Waals surface area contributed by atoms with Gasteiger partial charge in [0, 0.05) is 18.5 Å². The van der Waals surface area contributed by atoms with Crippen molar-refractivity contribution in [2.75, 3.05) is 7.11 Å². The highest BCUT2D eigenvalue weighted by Gasteiger charge is 2.08. The molecule has 3 aromatic rings. The fraction of sp³-hybridized carbons (Fsp3) is 0.176. The number of aromatic nitrogens is 2. The van der Waals surface area contributed by atoms with Gasteiger partial charge in [-0.3, -0.25) is 4.79 Å². The second kappa shape index (κ2) is 5.79. The van der Waals surface area contributed by atoms with Gasteiger partial charge in [-0.1, -0.05) is 18.2 Å². The smallest absolute Gasteiger partial charge is 0.143 e. The predicted molar refractivity (Wildman–Crippen MR) is 80.6 cm³/mol. The van der Waals surface area contributed by atoms with E-state index in [-0.39, 0.29) is 5.78 Å². The van der Waals surface area contributed by atoms with Crippen LogP contribution in [0.4, 0.5) is 0 Å². The Balaban J connectivity index is 1.72. The highest BCUT2D eigenvalue weighted by molar-refractivity contribution is 5.83. The lowest BCUT2D eigenvalue weighted by Gasteiger charge is -2.06. The van der Waals surface area contributed by atoms with E-state index >= 15 is 0 Å². The highest BCUT2D eigenvalue weighted by Crippen LogP contribution is 2.13. The minimum Gasteiger partial charge on any atom is -0.497 e. The van der Waals surface area contributed by atoms with E-state index in [1.54, 1.807) is 19.6 Å². The first-order valence-corrected chi connectivity index (χ1v) is 6.81. The number of carbonyl (C=O) groups is 1. The molecule has 0 spiro atoms. The van der Waals surface area contributed by atoms with Crippen molar-refractivity contribution < 1.29 is 9.53 Å². The van der Waals surface area contributed by atoms with Crippen LogP contribution in [0.25, 0.3) is 5.52 Å². The van der Waals surface area contributed by atoms with Gasteiger partial charge >= 0.3 is 0 Å². The second-order valence-electron chi connectivity index (χ2n) is 4.95. The van der Waals surface area contributed by atoms with Crippen molar-refractivity contribution in [3.8, 4) is 5.75 Å². The number of rotatable bonds is 5. The van der Waals surface area contributed by atoms with E-state index in [1.807, 2.05) is 46.9 Å². The maximum Gasteiger partial charge on any atom is 0.143 e. The number of ketones is 1. The van der Waals surface area contributed by atoms with Gasteiger partial charge in [0.25, 0.3) is 0 Å². The molecule has 1 aromatic carbocycles. The molecule has 0 fully saturated rings. The fourth-order valence-electron chi connectivity index (χ4n) is 2.39. The Labute approximate surface area is 123 Å². The van der Waals surface area contributed by atoms with E-state index in [0.29, 0.717) is 12.8 Å². The number of carbonyl (C=O) groups excluding carboxylic acids is 1. The van der Waals surface area contributed by atoms with Crippen LogP contribution in [0.15, 0.2) is 55.0 Å². The molecule has 2 aromatic heterocycles. The summed E-state index contributed by atoms with van der Waals surface area (Å²) in [6.45, 7) is 0. The van der Waals surface area contributed by atoms with E-state index in [9.17, 15) is 4.79 Å². The number of hydrogen-bond donors (Lipinski definition) is 0. The SMILES string of the molecule is COc1ccc(CC(=O)Cc2cccc3cncn23)cc1. The van der Waals surface area contributed by atoms with Crippen molar-refractivity contribution in [3.63, 3.8) is 0 Å². The van der Waals surface area contributed by atoms with Gasteiger partial charge in [-0.2, -0.15) is 0 Å². The fourth-order valence-corrected chi connectivity index (χ4v) is 2.39. The number of benzene rings is 1. The molecule has 0 radical (unpaired) electrons. The number of fused-ring (bicyclic) bond motifs is 1. The number of methoxy groups -OCH3 is 1. The molecular weight excluding hydrogens is 264 g/mol. The molecular formula is C17H16N2O2. The number of imidazole rings is 1. The van der Waals surface area contributed by atoms with Gasteiger partial charge in [0.2, 0.25) is 0 Å².